The number of aliphatic hydroxyl groups is 1. The van der Waals surface area contributed by atoms with Gasteiger partial charge in [0.2, 0.25) is 5.91 Å². The fraction of sp³-hybridized carbons (Fsp3) is 0.538. The molecule has 4 N–H and O–H groups in total. The molecule has 1 saturated heterocycles. The summed E-state index contributed by atoms with van der Waals surface area (Å²) in [6.45, 7) is 7.87. The molecule has 10 nitrogen and oxygen atoms in total. The molecule has 0 unspecified atom stereocenters. The first-order chi connectivity index (χ1) is 17.4. The fourth-order valence-electron chi connectivity index (χ4n) is 4.56. The highest BCUT2D eigenvalue weighted by atomic mass is 16.3. The van der Waals surface area contributed by atoms with Gasteiger partial charge < -0.3 is 21.1 Å². The predicted molar refractivity (Wildman–Crippen MR) is 142 cm³/mol. The summed E-state index contributed by atoms with van der Waals surface area (Å²) in [5.74, 6) is 0.0495. The molecule has 1 aromatic rings. The van der Waals surface area contributed by atoms with Crippen molar-refractivity contribution < 1.29 is 14.7 Å². The Labute approximate surface area is 213 Å². The first kappa shape index (κ1) is 27.5. The number of nitrogens with zero attached hydrogens (tertiary/aromatic N) is 4. The van der Waals surface area contributed by atoms with Crippen LogP contribution in [0.2, 0.25) is 0 Å². The first-order valence-electron chi connectivity index (χ1n) is 12.5. The minimum absolute atomic E-state index is 0.00406. The van der Waals surface area contributed by atoms with Gasteiger partial charge in [-0.15, -0.1) is 0 Å². The second kappa shape index (κ2) is 13.9. The molecule has 0 bridgehead atoms. The number of nitrogens with one attached hydrogen (secondary N) is 3. The van der Waals surface area contributed by atoms with Gasteiger partial charge in [0.15, 0.2) is 0 Å². The summed E-state index contributed by atoms with van der Waals surface area (Å²) in [7, 11) is 3.29. The first-order valence-corrected chi connectivity index (χ1v) is 12.5. The third-order valence-electron chi connectivity index (χ3n) is 6.64. The number of aliphatic hydroxyl groups excluding tert-OH is 1. The van der Waals surface area contributed by atoms with Gasteiger partial charge in [0.25, 0.3) is 5.91 Å². The summed E-state index contributed by atoms with van der Waals surface area (Å²) in [6, 6.07) is 8.43. The number of amidine groups is 1. The van der Waals surface area contributed by atoms with Gasteiger partial charge in [0.1, 0.15) is 11.5 Å². The molecule has 2 aliphatic heterocycles. The number of amides is 2. The molecule has 196 valence electrons. The highest BCUT2D eigenvalue weighted by Crippen LogP contribution is 2.18. The van der Waals surface area contributed by atoms with Crippen LogP contribution >= 0.6 is 0 Å². The van der Waals surface area contributed by atoms with E-state index in [2.05, 4.69) is 60.7 Å². The normalized spacial score (nSPS) is 18.8. The monoisotopic (exact) mass is 497 g/mol. The highest BCUT2D eigenvalue weighted by Gasteiger charge is 2.21. The number of likely N-dealkylation sites (tertiary alicyclic amines) is 1. The minimum atomic E-state index is -0.678. The number of β-amino-alcohol motifs (C(OH)–C–C–N with tert-alkyl or cyclic N) is 1. The molecule has 2 heterocycles. The molecular weight excluding hydrogens is 458 g/mol. The Balaban J connectivity index is 1.48. The molecule has 3 rings (SSSR count). The zero-order chi connectivity index (χ0) is 25.9. The zero-order valence-electron chi connectivity index (χ0n) is 21.4. The lowest BCUT2D eigenvalue weighted by Gasteiger charge is -2.30. The molecule has 1 aromatic carbocycles. The average Bonchev–Trinajstić information content (AvgIpc) is 2.90. The Kier molecular flexibility index (Phi) is 10.6. The van der Waals surface area contributed by atoms with Gasteiger partial charge >= 0.3 is 0 Å². The maximum absolute atomic E-state index is 12.7. The van der Waals surface area contributed by atoms with Crippen molar-refractivity contribution in [2.45, 2.75) is 38.0 Å². The summed E-state index contributed by atoms with van der Waals surface area (Å²) in [4.78, 5) is 37.3. The Morgan fingerprint density at radius 1 is 1.14 bits per heavy atom. The van der Waals surface area contributed by atoms with Gasteiger partial charge in [0.05, 0.1) is 18.7 Å². The van der Waals surface area contributed by atoms with E-state index in [-0.39, 0.29) is 24.4 Å². The van der Waals surface area contributed by atoms with E-state index in [0.717, 1.165) is 45.4 Å². The van der Waals surface area contributed by atoms with Crippen LogP contribution in [-0.2, 0) is 22.6 Å². The van der Waals surface area contributed by atoms with E-state index in [1.54, 1.807) is 20.2 Å². The number of likely N-dealkylation sites (N-methyl/N-ethyl adjacent to an activating group) is 2. The number of carbonyl (C=O) groups is 2. The quantitative estimate of drug-likeness (QED) is 0.204. The minimum Gasteiger partial charge on any atom is -0.390 e. The highest BCUT2D eigenvalue weighted by molar-refractivity contribution is 6.04. The molecule has 36 heavy (non-hydrogen) atoms. The molecule has 2 aliphatic rings. The lowest BCUT2D eigenvalue weighted by molar-refractivity contribution is -0.122. The van der Waals surface area contributed by atoms with Crippen molar-refractivity contribution in [3.63, 3.8) is 0 Å². The van der Waals surface area contributed by atoms with Crippen molar-refractivity contribution >= 4 is 24.4 Å². The molecular formula is C26H39N7O3. The number of hydrogen-bond acceptors (Lipinski definition) is 7. The van der Waals surface area contributed by atoms with Crippen molar-refractivity contribution in [3.05, 3.63) is 47.2 Å². The lowest BCUT2D eigenvalue weighted by Crippen LogP contribution is -2.43. The standard InChI is InChI=1S/C26H39N7O3/c1-27-23(14-24(28-2)31-21-9-12-32(13-10-21)18-25(35)29-3)26(36)30-15-22(34)17-33-11-8-19-6-4-5-7-20(19)16-33/h4-7,14,21-22,27,34H,2,8-13,15-18H2,1,3H3,(H,29,35)(H,30,36)/t22-/m0/s1. The van der Waals surface area contributed by atoms with Gasteiger partial charge in [0, 0.05) is 59.4 Å². The SMILES string of the molecule is C=NC(C=C(NC)C(=O)NC[C@H](O)CN1CCc2ccccc2C1)=NC1CCN(CC(=O)NC)CC1. The van der Waals surface area contributed by atoms with Crippen LogP contribution < -0.4 is 16.0 Å². The van der Waals surface area contributed by atoms with E-state index in [0.29, 0.717) is 24.6 Å². The number of aliphatic imine (C=N–C) groups is 2. The second-order valence-corrected chi connectivity index (χ2v) is 9.25. The van der Waals surface area contributed by atoms with Crippen LogP contribution in [0.1, 0.15) is 24.0 Å². The fourth-order valence-corrected chi connectivity index (χ4v) is 4.56. The van der Waals surface area contributed by atoms with Gasteiger partial charge in [-0.05, 0) is 37.1 Å². The van der Waals surface area contributed by atoms with Gasteiger partial charge in [-0.2, -0.15) is 0 Å². The maximum Gasteiger partial charge on any atom is 0.267 e. The largest absolute Gasteiger partial charge is 0.390 e. The molecule has 0 aliphatic carbocycles. The zero-order valence-corrected chi connectivity index (χ0v) is 21.4. The van der Waals surface area contributed by atoms with Crippen molar-refractivity contribution in [2.75, 3.05) is 53.4 Å². The topological polar surface area (TPSA) is 122 Å². The molecule has 1 atom stereocenters. The van der Waals surface area contributed by atoms with Crippen LogP contribution in [0.3, 0.4) is 0 Å². The third kappa shape index (κ3) is 8.25. The van der Waals surface area contributed by atoms with Crippen LogP contribution in [0.5, 0.6) is 0 Å². The van der Waals surface area contributed by atoms with Gasteiger partial charge in [-0.1, -0.05) is 24.3 Å². The molecule has 2 amide bonds. The van der Waals surface area contributed by atoms with E-state index in [4.69, 9.17) is 0 Å². The molecule has 0 radical (unpaired) electrons. The van der Waals surface area contributed by atoms with Crippen molar-refractivity contribution in [1.82, 2.24) is 25.8 Å². The molecule has 0 spiro atoms. The smallest absolute Gasteiger partial charge is 0.267 e. The van der Waals surface area contributed by atoms with Crippen molar-refractivity contribution in [2.24, 2.45) is 9.98 Å². The van der Waals surface area contributed by atoms with Crippen molar-refractivity contribution in [1.29, 1.82) is 0 Å². The van der Waals surface area contributed by atoms with Crippen molar-refractivity contribution in [3.8, 4) is 0 Å². The Morgan fingerprint density at radius 3 is 2.53 bits per heavy atom. The van der Waals surface area contributed by atoms with Gasteiger partial charge in [-0.25, -0.2) is 4.99 Å². The van der Waals surface area contributed by atoms with Crippen LogP contribution in [0.4, 0.5) is 0 Å². The second-order valence-electron chi connectivity index (χ2n) is 9.25. The van der Waals surface area contributed by atoms with E-state index >= 15 is 0 Å². The number of carbonyl (C=O) groups excluding carboxylic acids is 2. The number of fused-ring (bicyclic) bond motifs is 1. The third-order valence-corrected chi connectivity index (χ3v) is 6.64. The summed E-state index contributed by atoms with van der Waals surface area (Å²) >= 11 is 0. The number of benzene rings is 1. The average molecular weight is 498 g/mol. The Morgan fingerprint density at radius 2 is 1.86 bits per heavy atom. The van der Waals surface area contributed by atoms with E-state index in [1.165, 1.54) is 11.1 Å². The van der Waals surface area contributed by atoms with Gasteiger partial charge in [-0.3, -0.25) is 24.4 Å². The summed E-state index contributed by atoms with van der Waals surface area (Å²) in [5, 5.41) is 18.8. The number of hydrogen-bond donors (Lipinski definition) is 4. The summed E-state index contributed by atoms with van der Waals surface area (Å²) < 4.78 is 0. The van der Waals surface area contributed by atoms with Crippen LogP contribution in [0.15, 0.2) is 46.0 Å². The number of piperidine rings is 1. The van der Waals surface area contributed by atoms with Crippen LogP contribution in [0, 0.1) is 0 Å². The summed E-state index contributed by atoms with van der Waals surface area (Å²) in [5.41, 5.74) is 2.96. The lowest BCUT2D eigenvalue weighted by atomic mass is 10.00. The predicted octanol–water partition coefficient (Wildman–Crippen LogP) is -0.0654. The molecule has 1 fully saturated rings. The molecule has 0 aromatic heterocycles. The van der Waals surface area contributed by atoms with Crippen LogP contribution in [0.25, 0.3) is 0 Å². The summed E-state index contributed by atoms with van der Waals surface area (Å²) in [6.07, 6.45) is 3.47. The maximum atomic E-state index is 12.7. The Bertz CT molecular complexity index is 970. The van der Waals surface area contributed by atoms with E-state index in [1.807, 2.05) is 6.07 Å². The Hall–Kier alpha value is -3.08. The molecule has 0 saturated carbocycles. The molecule has 10 heteroatoms. The number of rotatable bonds is 10. The van der Waals surface area contributed by atoms with E-state index in [9.17, 15) is 14.7 Å². The van der Waals surface area contributed by atoms with E-state index < -0.39 is 6.10 Å². The van der Waals surface area contributed by atoms with Crippen LogP contribution in [-0.4, -0.2) is 105 Å².